The number of esters is 1. The molecule has 1 aliphatic carbocycles. The molecule has 0 bridgehead atoms. The number of ketones is 1. The van der Waals surface area contributed by atoms with Crippen LogP contribution in [0.4, 0.5) is 5.69 Å². The zero-order valence-corrected chi connectivity index (χ0v) is 22.5. The summed E-state index contributed by atoms with van der Waals surface area (Å²) in [4.78, 5) is 54.1. The standard InChI is InChI=1S/C30H32N2O5S/c1-20(33)21-14-16-25(17-15-21)32(27(34)19-26-9-6-18-38-26)28(29(35)31-24-7-4-3-5-8-24)22-10-12-23(13-11-22)30(36)37-2/h6,9-18,24,28H,3-5,7-8,19H2,1-2H3,(H,31,35)/t28-/m0/s1. The first-order valence-corrected chi connectivity index (χ1v) is 13.7. The molecule has 7 nitrogen and oxygen atoms in total. The van der Waals surface area contributed by atoms with Gasteiger partial charge in [-0.2, -0.15) is 0 Å². The number of methoxy groups -OCH3 is 1. The van der Waals surface area contributed by atoms with Crippen molar-refractivity contribution in [2.45, 2.75) is 57.5 Å². The second-order valence-corrected chi connectivity index (χ2v) is 10.5. The Hall–Kier alpha value is -3.78. The number of thiophene rings is 1. The van der Waals surface area contributed by atoms with Crippen molar-refractivity contribution < 1.29 is 23.9 Å². The molecule has 198 valence electrons. The number of amides is 2. The Morgan fingerprint density at radius 3 is 2.18 bits per heavy atom. The number of Topliss-reactive ketones (excluding diaryl/α,β-unsaturated/α-hetero) is 1. The zero-order chi connectivity index (χ0) is 27.1. The average Bonchev–Trinajstić information content (AvgIpc) is 3.45. The smallest absolute Gasteiger partial charge is 0.337 e. The summed E-state index contributed by atoms with van der Waals surface area (Å²) < 4.78 is 4.82. The lowest BCUT2D eigenvalue weighted by Gasteiger charge is -2.33. The number of hydrogen-bond acceptors (Lipinski definition) is 6. The molecule has 2 aromatic carbocycles. The van der Waals surface area contributed by atoms with Gasteiger partial charge in [-0.1, -0.05) is 37.5 Å². The van der Waals surface area contributed by atoms with Crippen LogP contribution in [0.15, 0.2) is 66.0 Å². The third kappa shape index (κ3) is 6.55. The maximum atomic E-state index is 13.9. The predicted octanol–water partition coefficient (Wildman–Crippen LogP) is 5.50. The van der Waals surface area contributed by atoms with Crippen molar-refractivity contribution in [2.75, 3.05) is 12.0 Å². The predicted molar refractivity (Wildman–Crippen MR) is 147 cm³/mol. The topological polar surface area (TPSA) is 92.8 Å². The van der Waals surface area contributed by atoms with Gasteiger partial charge in [0.1, 0.15) is 6.04 Å². The molecule has 1 N–H and O–H groups in total. The van der Waals surface area contributed by atoms with Gasteiger partial charge in [0.25, 0.3) is 0 Å². The molecule has 0 spiro atoms. The summed E-state index contributed by atoms with van der Waals surface area (Å²) in [5.74, 6) is -1.09. The van der Waals surface area contributed by atoms with Crippen LogP contribution in [0.1, 0.15) is 76.2 Å². The van der Waals surface area contributed by atoms with Gasteiger partial charge in [-0.3, -0.25) is 19.3 Å². The molecular formula is C30H32N2O5S. The van der Waals surface area contributed by atoms with Gasteiger partial charge in [0, 0.05) is 22.2 Å². The minimum atomic E-state index is -0.973. The van der Waals surface area contributed by atoms with Gasteiger partial charge < -0.3 is 10.1 Å². The Balaban J connectivity index is 1.77. The monoisotopic (exact) mass is 532 g/mol. The van der Waals surface area contributed by atoms with Crippen LogP contribution >= 0.6 is 11.3 Å². The van der Waals surface area contributed by atoms with Crippen LogP contribution in [0.25, 0.3) is 0 Å². The summed E-state index contributed by atoms with van der Waals surface area (Å²) in [5, 5.41) is 5.09. The van der Waals surface area contributed by atoms with Crippen LogP contribution in [-0.2, 0) is 20.7 Å². The third-order valence-corrected chi connectivity index (χ3v) is 7.71. The van der Waals surface area contributed by atoms with Crippen LogP contribution in [0.5, 0.6) is 0 Å². The molecule has 0 radical (unpaired) electrons. The quantitative estimate of drug-likeness (QED) is 0.290. The normalized spacial score (nSPS) is 14.4. The van der Waals surface area contributed by atoms with Crippen molar-refractivity contribution in [3.63, 3.8) is 0 Å². The van der Waals surface area contributed by atoms with Gasteiger partial charge in [-0.05, 0) is 73.2 Å². The van der Waals surface area contributed by atoms with E-state index in [4.69, 9.17) is 4.74 Å². The number of nitrogens with zero attached hydrogens (tertiary/aromatic N) is 1. The highest BCUT2D eigenvalue weighted by atomic mass is 32.1. The summed E-state index contributed by atoms with van der Waals surface area (Å²) in [6.07, 6.45) is 5.18. The number of benzene rings is 2. The molecule has 1 saturated carbocycles. The molecular weight excluding hydrogens is 500 g/mol. The molecule has 2 amide bonds. The maximum absolute atomic E-state index is 13.9. The van der Waals surface area contributed by atoms with E-state index in [0.29, 0.717) is 22.4 Å². The number of ether oxygens (including phenoxy) is 1. The lowest BCUT2D eigenvalue weighted by Crippen LogP contribution is -2.47. The Kier molecular flexibility index (Phi) is 9.07. The van der Waals surface area contributed by atoms with E-state index < -0.39 is 12.0 Å². The number of rotatable bonds is 9. The van der Waals surface area contributed by atoms with E-state index in [1.165, 1.54) is 30.3 Å². The minimum absolute atomic E-state index is 0.0439. The van der Waals surface area contributed by atoms with E-state index in [-0.39, 0.29) is 30.1 Å². The van der Waals surface area contributed by atoms with Crippen LogP contribution in [-0.4, -0.2) is 36.7 Å². The summed E-state index contributed by atoms with van der Waals surface area (Å²) in [7, 11) is 1.31. The van der Waals surface area contributed by atoms with Crippen LogP contribution in [0.2, 0.25) is 0 Å². The fourth-order valence-corrected chi connectivity index (χ4v) is 5.50. The Bertz CT molecular complexity index is 1260. The number of carbonyl (C=O) groups excluding carboxylic acids is 4. The number of carbonyl (C=O) groups is 4. The summed E-state index contributed by atoms with van der Waals surface area (Å²) in [6.45, 7) is 1.48. The number of nitrogens with one attached hydrogen (secondary N) is 1. The first-order chi connectivity index (χ1) is 18.4. The van der Waals surface area contributed by atoms with Crippen LogP contribution in [0, 0.1) is 0 Å². The molecule has 38 heavy (non-hydrogen) atoms. The Morgan fingerprint density at radius 1 is 0.947 bits per heavy atom. The molecule has 1 fully saturated rings. The van der Waals surface area contributed by atoms with E-state index in [2.05, 4.69) is 5.32 Å². The zero-order valence-electron chi connectivity index (χ0n) is 21.6. The fourth-order valence-electron chi connectivity index (χ4n) is 4.81. The molecule has 0 unspecified atom stereocenters. The Labute approximate surface area is 226 Å². The third-order valence-electron chi connectivity index (χ3n) is 6.83. The number of hydrogen-bond donors (Lipinski definition) is 1. The second-order valence-electron chi connectivity index (χ2n) is 9.48. The summed E-state index contributed by atoms with van der Waals surface area (Å²) in [6, 6.07) is 16.2. The molecule has 3 aromatic rings. The van der Waals surface area contributed by atoms with Crippen LogP contribution in [0.3, 0.4) is 0 Å². The Morgan fingerprint density at radius 2 is 1.61 bits per heavy atom. The lowest BCUT2D eigenvalue weighted by atomic mass is 9.94. The van der Waals surface area contributed by atoms with Crippen molar-refractivity contribution >= 4 is 40.6 Å². The van der Waals surface area contributed by atoms with E-state index in [0.717, 1.165) is 37.0 Å². The van der Waals surface area contributed by atoms with Crippen molar-refractivity contribution in [1.82, 2.24) is 5.32 Å². The van der Waals surface area contributed by atoms with Crippen LogP contribution < -0.4 is 10.2 Å². The second kappa shape index (κ2) is 12.6. The van der Waals surface area contributed by atoms with E-state index in [1.54, 1.807) is 48.5 Å². The van der Waals surface area contributed by atoms with E-state index >= 15 is 0 Å². The molecule has 0 aliphatic heterocycles. The summed E-state index contributed by atoms with van der Waals surface area (Å²) in [5.41, 5.74) is 1.95. The highest BCUT2D eigenvalue weighted by Gasteiger charge is 2.34. The first-order valence-electron chi connectivity index (χ1n) is 12.8. The SMILES string of the molecule is COC(=O)c1ccc([C@@H](C(=O)NC2CCCCC2)N(C(=O)Cc2cccs2)c2ccc(C(C)=O)cc2)cc1. The van der Waals surface area contributed by atoms with Crippen molar-refractivity contribution in [3.05, 3.63) is 87.6 Å². The van der Waals surface area contributed by atoms with Crippen molar-refractivity contribution in [3.8, 4) is 0 Å². The molecule has 1 aliphatic rings. The van der Waals surface area contributed by atoms with Gasteiger partial charge in [0.2, 0.25) is 11.8 Å². The average molecular weight is 533 g/mol. The molecule has 1 aromatic heterocycles. The molecule has 0 saturated heterocycles. The fraction of sp³-hybridized carbons (Fsp3) is 0.333. The van der Waals surface area contributed by atoms with Crippen molar-refractivity contribution in [2.24, 2.45) is 0 Å². The maximum Gasteiger partial charge on any atom is 0.337 e. The molecule has 4 rings (SSSR count). The first kappa shape index (κ1) is 27.3. The van der Waals surface area contributed by atoms with Gasteiger partial charge in [-0.15, -0.1) is 11.3 Å². The molecule has 1 atom stereocenters. The van der Waals surface area contributed by atoms with Gasteiger partial charge in [0.15, 0.2) is 5.78 Å². The molecule has 1 heterocycles. The van der Waals surface area contributed by atoms with E-state index in [1.807, 2.05) is 17.5 Å². The van der Waals surface area contributed by atoms with Gasteiger partial charge in [0.05, 0.1) is 19.1 Å². The number of anilines is 1. The van der Waals surface area contributed by atoms with Crippen molar-refractivity contribution in [1.29, 1.82) is 0 Å². The highest BCUT2D eigenvalue weighted by Crippen LogP contribution is 2.31. The summed E-state index contributed by atoms with van der Waals surface area (Å²) >= 11 is 1.48. The molecule has 8 heteroatoms. The largest absolute Gasteiger partial charge is 0.465 e. The van der Waals surface area contributed by atoms with E-state index in [9.17, 15) is 19.2 Å². The van der Waals surface area contributed by atoms with Gasteiger partial charge >= 0.3 is 5.97 Å². The lowest BCUT2D eigenvalue weighted by molar-refractivity contribution is -0.127. The highest BCUT2D eigenvalue weighted by molar-refractivity contribution is 7.10. The van der Waals surface area contributed by atoms with Gasteiger partial charge in [-0.25, -0.2) is 4.79 Å². The minimum Gasteiger partial charge on any atom is -0.465 e.